The van der Waals surface area contributed by atoms with Crippen molar-refractivity contribution in [2.75, 3.05) is 52.4 Å². The van der Waals surface area contributed by atoms with Gasteiger partial charge in [0.05, 0.1) is 12.2 Å². The molecule has 0 aromatic heterocycles. The Hall–Kier alpha value is -9.65. The number of ether oxygens (including phenoxy) is 5. The molecule has 1 fully saturated rings. The van der Waals surface area contributed by atoms with E-state index in [9.17, 15) is 67.7 Å². The van der Waals surface area contributed by atoms with Gasteiger partial charge in [0.1, 0.15) is 83.4 Å². The summed E-state index contributed by atoms with van der Waals surface area (Å²) in [5, 5.41) is 60.3. The Kier molecular flexibility index (Phi) is 39.4. The van der Waals surface area contributed by atoms with Crippen molar-refractivity contribution in [3.05, 3.63) is 35.9 Å². The third kappa shape index (κ3) is 40.6. The molecule has 0 radical (unpaired) electrons. The summed E-state index contributed by atoms with van der Waals surface area (Å²) in [6.45, 7) is 24.2. The van der Waals surface area contributed by atoms with Crippen LogP contribution in [0.2, 0.25) is 0 Å². The molecule has 0 saturated carbocycles. The maximum Gasteiger partial charge on any atom is 0.407 e. The highest BCUT2D eigenvalue weighted by Gasteiger charge is 2.38. The minimum atomic E-state index is -1.89. The Morgan fingerprint density at radius 3 is 1.36 bits per heavy atom. The van der Waals surface area contributed by atoms with Gasteiger partial charge in [-0.05, 0) is 147 Å². The first-order valence-corrected chi connectivity index (χ1v) is 35.7. The van der Waals surface area contributed by atoms with Crippen LogP contribution in [0.1, 0.15) is 168 Å². The molecule has 0 bridgehead atoms. The molecule has 1 aliphatic heterocycles. The monoisotopic (exact) mass is 1520 g/mol. The van der Waals surface area contributed by atoms with Crippen molar-refractivity contribution in [3.8, 4) is 0 Å². The normalized spacial score (nSPS) is 20.3. The minimum absolute atomic E-state index is 0.00382. The van der Waals surface area contributed by atoms with Gasteiger partial charge < -0.3 is 114 Å². The molecular weight excluding hydrogens is 1400 g/mol. The van der Waals surface area contributed by atoms with Gasteiger partial charge in [0.15, 0.2) is 0 Å². The fourth-order valence-corrected chi connectivity index (χ4v) is 9.89. The van der Waals surface area contributed by atoms with Gasteiger partial charge in [-0.2, -0.15) is 0 Å². The van der Waals surface area contributed by atoms with E-state index in [0.29, 0.717) is 5.56 Å². The molecule has 14 amide bonds. The van der Waals surface area contributed by atoms with Gasteiger partial charge >= 0.3 is 30.3 Å². The van der Waals surface area contributed by atoms with E-state index >= 15 is 14.4 Å². The number of amides is 14. The van der Waals surface area contributed by atoms with Crippen molar-refractivity contribution in [3.63, 3.8) is 0 Å². The lowest BCUT2D eigenvalue weighted by Crippen LogP contribution is -2.61. The summed E-state index contributed by atoms with van der Waals surface area (Å²) < 4.78 is 26.4. The van der Waals surface area contributed by atoms with Crippen LogP contribution in [0.3, 0.4) is 0 Å². The molecule has 604 valence electrons. The SMILES string of the molecule is CC(=O)OCCNCCC(=O)N[C@H](C(=O)N[C@@H](CCNC(=O)OC(C)(C)C)C(=O)N[C@H]1CCNC(=O)[C@H]([C@@H](C)O)NC(=O)[C@H](CCNC(=O)OC(C)(C)C)NC(=O)[C@H](CCNC(=O)OC(C)(C)C)NC(=O)[C@H](CC(C)C)NC(=O)[C@@H](Cc2ccccc2)NC(=O)[C@H](CCNC(=O)OC(C)(C)C)NC1=O)[C@@H](C)O. The fraction of sp³-hybridized carbons (Fsp3) is 0.700. The van der Waals surface area contributed by atoms with Crippen LogP contribution in [0.5, 0.6) is 0 Å². The van der Waals surface area contributed by atoms with E-state index in [-0.39, 0.29) is 58.0 Å². The van der Waals surface area contributed by atoms with Crippen LogP contribution in [-0.2, 0) is 82.8 Å². The number of esters is 1. The second-order valence-corrected chi connectivity index (χ2v) is 30.0. The predicted molar refractivity (Wildman–Crippen MR) is 388 cm³/mol. The Morgan fingerprint density at radius 1 is 0.505 bits per heavy atom. The third-order valence-electron chi connectivity index (χ3n) is 14.8. The average Bonchev–Trinajstić information content (AvgIpc) is 1.26. The summed E-state index contributed by atoms with van der Waals surface area (Å²) >= 11 is 0. The first kappa shape index (κ1) is 93.4. The third-order valence-corrected chi connectivity index (χ3v) is 14.8. The van der Waals surface area contributed by atoms with E-state index in [0.717, 1.165) is 6.92 Å². The molecule has 1 heterocycles. The minimum Gasteiger partial charge on any atom is -0.465 e. The summed E-state index contributed by atoms with van der Waals surface area (Å²) in [6.07, 6.45) is -10.1. The Labute approximate surface area is 625 Å². The van der Waals surface area contributed by atoms with Crippen LogP contribution in [0.15, 0.2) is 30.3 Å². The molecular formula is C70H117N15O22. The van der Waals surface area contributed by atoms with Crippen molar-refractivity contribution >= 4 is 89.4 Å². The molecule has 37 nitrogen and oxygen atoms in total. The van der Waals surface area contributed by atoms with Gasteiger partial charge in [-0.15, -0.1) is 0 Å². The molecule has 11 atom stereocenters. The summed E-state index contributed by atoms with van der Waals surface area (Å²) in [4.78, 5) is 209. The summed E-state index contributed by atoms with van der Waals surface area (Å²) in [5.74, 6) is -11.5. The van der Waals surface area contributed by atoms with E-state index in [2.05, 4.69) is 79.8 Å². The molecule has 17 N–H and O–H groups in total. The summed E-state index contributed by atoms with van der Waals surface area (Å²) in [5.41, 5.74) is -3.46. The van der Waals surface area contributed by atoms with Gasteiger partial charge in [0.25, 0.3) is 0 Å². The summed E-state index contributed by atoms with van der Waals surface area (Å²) in [7, 11) is 0. The molecule has 2 rings (SSSR count). The van der Waals surface area contributed by atoms with E-state index in [1.807, 2.05) is 0 Å². The molecule has 1 saturated heterocycles. The number of hydrogen-bond donors (Lipinski definition) is 17. The molecule has 107 heavy (non-hydrogen) atoms. The maximum atomic E-state index is 15.2. The lowest BCUT2D eigenvalue weighted by molar-refractivity contribution is -0.141. The van der Waals surface area contributed by atoms with Gasteiger partial charge in [-0.3, -0.25) is 52.7 Å². The number of carbonyl (C=O) groups is 15. The zero-order chi connectivity index (χ0) is 81.2. The van der Waals surface area contributed by atoms with Gasteiger partial charge in [-0.25, -0.2) is 19.2 Å². The summed E-state index contributed by atoms with van der Waals surface area (Å²) in [6, 6.07) is -7.27. The van der Waals surface area contributed by atoms with E-state index in [4.69, 9.17) is 23.7 Å². The Bertz CT molecular complexity index is 3150. The Morgan fingerprint density at radius 2 is 0.925 bits per heavy atom. The Balaban J connectivity index is 3.05. The first-order chi connectivity index (χ1) is 49.6. The number of carbonyl (C=O) groups excluding carboxylic acids is 15. The van der Waals surface area contributed by atoms with Gasteiger partial charge in [0.2, 0.25) is 59.1 Å². The number of nitrogens with one attached hydrogen (secondary N) is 15. The quantitative estimate of drug-likeness (QED) is 0.0263. The van der Waals surface area contributed by atoms with E-state index in [1.165, 1.54) is 13.8 Å². The van der Waals surface area contributed by atoms with Crippen LogP contribution in [0, 0.1) is 5.92 Å². The fourth-order valence-electron chi connectivity index (χ4n) is 9.89. The average molecular weight is 1520 g/mol. The zero-order valence-electron chi connectivity index (χ0n) is 64.7. The molecule has 1 aromatic rings. The lowest BCUT2D eigenvalue weighted by Gasteiger charge is -2.29. The largest absolute Gasteiger partial charge is 0.465 e. The highest BCUT2D eigenvalue weighted by molar-refractivity contribution is 5.99. The number of alkyl carbamates (subject to hydrolysis) is 4. The van der Waals surface area contributed by atoms with Crippen LogP contribution in [-0.4, -0.2) is 241 Å². The predicted octanol–water partition coefficient (Wildman–Crippen LogP) is -0.878. The van der Waals surface area contributed by atoms with Crippen LogP contribution in [0.4, 0.5) is 19.2 Å². The van der Waals surface area contributed by atoms with Gasteiger partial charge in [-0.1, -0.05) is 44.2 Å². The molecule has 0 aliphatic carbocycles. The maximum absolute atomic E-state index is 15.2. The number of hydrogen-bond acceptors (Lipinski definition) is 23. The van der Waals surface area contributed by atoms with Crippen LogP contribution < -0.4 is 79.8 Å². The van der Waals surface area contributed by atoms with E-state index in [1.54, 1.807) is 127 Å². The molecule has 1 aromatic carbocycles. The number of rotatable bonds is 29. The van der Waals surface area contributed by atoms with Crippen LogP contribution in [0.25, 0.3) is 0 Å². The second kappa shape index (κ2) is 45.1. The topological polar surface area (TPSA) is 523 Å². The van der Waals surface area contributed by atoms with Crippen molar-refractivity contribution in [2.24, 2.45) is 5.92 Å². The van der Waals surface area contributed by atoms with Crippen molar-refractivity contribution in [1.29, 1.82) is 0 Å². The number of aliphatic hydroxyl groups excluding tert-OH is 2. The zero-order valence-corrected chi connectivity index (χ0v) is 64.7. The highest BCUT2D eigenvalue weighted by atomic mass is 16.6. The van der Waals surface area contributed by atoms with E-state index < -0.39 is 230 Å². The van der Waals surface area contributed by atoms with Crippen molar-refractivity contribution < 1.29 is 106 Å². The molecule has 0 unspecified atom stereocenters. The first-order valence-electron chi connectivity index (χ1n) is 35.7. The smallest absolute Gasteiger partial charge is 0.407 e. The highest BCUT2D eigenvalue weighted by Crippen LogP contribution is 2.15. The lowest BCUT2D eigenvalue weighted by atomic mass is 10.00. The standard InChI is InChI=1S/C70H117N15O22/c1-39(2)37-49-59(95)80-45(24-31-73-63(99)104-67(6,7)8)55(91)79-48(27-34-76-66(102)107-70(15,16)17)58(94)85-52(40(3)86)61(97)72-30-23-44(54(90)78-46(25-32-74-64(100)105-68(9,10)11)57(93)83-50(60(96)82-49)38-43-21-19-18-20-22-43)77-56(92)47(26-33-75-65(101)106-69(12,13)14)81-62(98)53(41(4)87)84-51(89)28-29-71-35-36-103-42(5)88/h18-22,39-41,44-50,52-53,71,86-87H,23-38H2,1-17H3,(H,72,97)(H,73,99)(H,74,100)(H,75,101)(H,76,102)(H,77,92)(H,78,90)(H,79,91)(H,80,95)(H,81,98)(H,82,96)(H,83,93)(H,84,89)(H,85,94)/t40-,41-,44+,45+,46+,47+,48+,49+,50-,52+,53+/m1/s1. The molecule has 37 heteroatoms. The van der Waals surface area contributed by atoms with Crippen LogP contribution >= 0.6 is 0 Å². The number of benzene rings is 1. The van der Waals surface area contributed by atoms with Crippen molar-refractivity contribution in [2.45, 2.75) is 258 Å². The van der Waals surface area contributed by atoms with Crippen molar-refractivity contribution in [1.82, 2.24) is 79.8 Å². The molecule has 0 spiro atoms. The molecule has 1 aliphatic rings. The second-order valence-electron chi connectivity index (χ2n) is 30.0. The van der Waals surface area contributed by atoms with Gasteiger partial charge in [0, 0.05) is 65.6 Å². The number of aliphatic hydroxyl groups is 2.